The van der Waals surface area contributed by atoms with Gasteiger partial charge in [-0.1, -0.05) is 13.0 Å². The van der Waals surface area contributed by atoms with Gasteiger partial charge in [-0.25, -0.2) is 0 Å². The van der Waals surface area contributed by atoms with E-state index in [0.29, 0.717) is 0 Å². The van der Waals surface area contributed by atoms with Crippen LogP contribution in [0.1, 0.15) is 20.3 Å². The summed E-state index contributed by atoms with van der Waals surface area (Å²) in [5.74, 6) is 0. The predicted octanol–water partition coefficient (Wildman–Crippen LogP) is 3.42. The van der Waals surface area contributed by atoms with Crippen molar-refractivity contribution in [3.8, 4) is 0 Å². The summed E-state index contributed by atoms with van der Waals surface area (Å²) in [6, 6.07) is 0. The van der Waals surface area contributed by atoms with Crippen molar-refractivity contribution in [2.75, 3.05) is 19.1 Å². The number of hydrogen-bond acceptors (Lipinski definition) is 3. The number of aliphatic imine (C=N–C) groups is 1. The van der Waals surface area contributed by atoms with E-state index in [-0.39, 0.29) is 0 Å². The van der Waals surface area contributed by atoms with Crippen molar-refractivity contribution in [1.29, 1.82) is 0 Å². The third-order valence-corrected chi connectivity index (χ3v) is 3.10. The molecule has 0 N–H and O–H groups in total. The second kappa shape index (κ2) is 7.74. The van der Waals surface area contributed by atoms with Crippen molar-refractivity contribution in [1.82, 2.24) is 0 Å². The number of thioether (sulfide) groups is 2. The van der Waals surface area contributed by atoms with E-state index in [9.17, 15) is 0 Å². The molecule has 0 spiro atoms. The van der Waals surface area contributed by atoms with Gasteiger partial charge in [0, 0.05) is 11.4 Å². The normalized spacial score (nSPS) is 13.7. The minimum Gasteiger partial charge on any atom is -0.277 e. The zero-order valence-corrected chi connectivity index (χ0v) is 9.89. The molecule has 0 saturated carbocycles. The summed E-state index contributed by atoms with van der Waals surface area (Å²) in [7, 11) is 0. The average Bonchev–Trinajstić information content (AvgIpc) is 2.12. The van der Waals surface area contributed by atoms with Gasteiger partial charge in [0.15, 0.2) is 0 Å². The Morgan fingerprint density at radius 3 is 2.33 bits per heavy atom. The van der Waals surface area contributed by atoms with Crippen molar-refractivity contribution in [3.05, 3.63) is 11.0 Å². The van der Waals surface area contributed by atoms with E-state index in [2.05, 4.69) is 37.4 Å². The summed E-state index contributed by atoms with van der Waals surface area (Å²) in [6.45, 7) is 5.15. The summed E-state index contributed by atoms with van der Waals surface area (Å²) < 4.78 is 0. The first-order valence-electron chi connectivity index (χ1n) is 4.09. The number of rotatable bonds is 4. The van der Waals surface area contributed by atoms with E-state index in [1.807, 2.05) is 0 Å². The third-order valence-electron chi connectivity index (χ3n) is 1.37. The molecule has 0 atom stereocenters. The first kappa shape index (κ1) is 12.1. The van der Waals surface area contributed by atoms with Gasteiger partial charge in [-0.3, -0.25) is 4.99 Å². The van der Waals surface area contributed by atoms with Crippen LogP contribution in [-0.4, -0.2) is 24.1 Å². The molecule has 70 valence electrons. The van der Waals surface area contributed by atoms with Gasteiger partial charge in [0.05, 0.1) is 0 Å². The molecule has 0 aliphatic carbocycles. The Balaban J connectivity index is 4.31. The van der Waals surface area contributed by atoms with E-state index in [1.165, 1.54) is 9.95 Å². The molecule has 0 unspecified atom stereocenters. The summed E-state index contributed by atoms with van der Waals surface area (Å²) in [4.78, 5) is 5.78. The molecule has 0 radical (unpaired) electrons. The van der Waals surface area contributed by atoms with Crippen LogP contribution >= 0.6 is 23.5 Å². The molecule has 0 aromatic carbocycles. The fraction of sp³-hybridized carbons (Fsp3) is 0.667. The van der Waals surface area contributed by atoms with Crippen LogP contribution in [0.15, 0.2) is 16.0 Å². The summed E-state index contributed by atoms with van der Waals surface area (Å²) in [5.41, 5.74) is 0. The molecule has 0 saturated heterocycles. The van der Waals surface area contributed by atoms with Crippen LogP contribution in [-0.2, 0) is 0 Å². The average molecular weight is 203 g/mol. The van der Waals surface area contributed by atoms with Gasteiger partial charge in [0.1, 0.15) is 5.04 Å². The first-order valence-corrected chi connectivity index (χ1v) is 6.54. The van der Waals surface area contributed by atoms with Gasteiger partial charge in [0.25, 0.3) is 0 Å². The predicted molar refractivity (Wildman–Crippen MR) is 63.4 cm³/mol. The highest BCUT2D eigenvalue weighted by Gasteiger charge is 2.01. The Hall–Kier alpha value is 0.110. The van der Waals surface area contributed by atoms with Crippen LogP contribution in [0.2, 0.25) is 0 Å². The zero-order chi connectivity index (χ0) is 9.40. The molecule has 0 bridgehead atoms. The number of nitrogens with zero attached hydrogens (tertiary/aromatic N) is 1. The SMILES string of the molecule is C/C=C(\SC)C(=NCCC)SC. The lowest BCUT2D eigenvalue weighted by atomic mass is 10.5. The minimum absolute atomic E-state index is 0.939. The van der Waals surface area contributed by atoms with E-state index in [1.54, 1.807) is 23.5 Å². The maximum absolute atomic E-state index is 4.49. The number of hydrogen-bond donors (Lipinski definition) is 0. The lowest BCUT2D eigenvalue weighted by molar-refractivity contribution is 0.936. The highest BCUT2D eigenvalue weighted by atomic mass is 32.2. The molecular formula is C9H17NS2. The quantitative estimate of drug-likeness (QED) is 0.513. The summed E-state index contributed by atoms with van der Waals surface area (Å²) >= 11 is 3.49. The Morgan fingerprint density at radius 1 is 1.33 bits per heavy atom. The Kier molecular flexibility index (Phi) is 7.81. The maximum atomic E-state index is 4.49. The zero-order valence-electron chi connectivity index (χ0n) is 8.26. The largest absolute Gasteiger partial charge is 0.277 e. The van der Waals surface area contributed by atoms with Gasteiger partial charge >= 0.3 is 0 Å². The van der Waals surface area contributed by atoms with E-state index in [4.69, 9.17) is 0 Å². The van der Waals surface area contributed by atoms with Gasteiger partial charge in [-0.05, 0) is 25.9 Å². The number of allylic oxidation sites excluding steroid dienone is 1. The second-order valence-corrected chi connectivity index (χ2v) is 3.89. The molecule has 0 aromatic rings. The Labute approximate surface area is 84.1 Å². The van der Waals surface area contributed by atoms with Crippen molar-refractivity contribution in [2.24, 2.45) is 4.99 Å². The van der Waals surface area contributed by atoms with Gasteiger partial charge in [0.2, 0.25) is 0 Å². The maximum Gasteiger partial charge on any atom is 0.103 e. The summed E-state index contributed by atoms with van der Waals surface area (Å²) in [6.07, 6.45) is 7.41. The van der Waals surface area contributed by atoms with Crippen LogP contribution in [0, 0.1) is 0 Å². The molecule has 0 aromatic heterocycles. The minimum atomic E-state index is 0.939. The monoisotopic (exact) mass is 203 g/mol. The summed E-state index contributed by atoms with van der Waals surface area (Å²) in [5, 5.41) is 1.17. The molecule has 3 heteroatoms. The fourth-order valence-corrected chi connectivity index (χ4v) is 2.30. The highest BCUT2D eigenvalue weighted by molar-refractivity contribution is 8.17. The van der Waals surface area contributed by atoms with Crippen LogP contribution < -0.4 is 0 Å². The van der Waals surface area contributed by atoms with E-state index < -0.39 is 0 Å². The van der Waals surface area contributed by atoms with Crippen LogP contribution in [0.5, 0.6) is 0 Å². The lowest BCUT2D eigenvalue weighted by Crippen LogP contribution is -1.95. The molecule has 0 rings (SSSR count). The van der Waals surface area contributed by atoms with Gasteiger partial charge in [-0.15, -0.1) is 23.5 Å². The molecule has 0 aliphatic heterocycles. The fourth-order valence-electron chi connectivity index (χ4n) is 0.785. The Bertz CT molecular complexity index is 173. The molecule has 0 heterocycles. The van der Waals surface area contributed by atoms with Crippen molar-refractivity contribution < 1.29 is 0 Å². The highest BCUT2D eigenvalue weighted by Crippen LogP contribution is 2.19. The standard InChI is InChI=1S/C9H17NS2/c1-5-7-10-9(12-4)8(6-2)11-3/h6H,5,7H2,1-4H3/b8-6-,10-9?. The Morgan fingerprint density at radius 2 is 2.00 bits per heavy atom. The molecule has 0 amide bonds. The third kappa shape index (κ3) is 4.21. The molecular weight excluding hydrogens is 186 g/mol. The van der Waals surface area contributed by atoms with E-state index in [0.717, 1.165) is 13.0 Å². The van der Waals surface area contributed by atoms with Crippen LogP contribution in [0.4, 0.5) is 0 Å². The van der Waals surface area contributed by atoms with Crippen molar-refractivity contribution in [2.45, 2.75) is 20.3 Å². The van der Waals surface area contributed by atoms with Gasteiger partial charge < -0.3 is 0 Å². The molecule has 12 heavy (non-hydrogen) atoms. The molecule has 0 fully saturated rings. The topological polar surface area (TPSA) is 12.4 Å². The van der Waals surface area contributed by atoms with Crippen molar-refractivity contribution >= 4 is 28.6 Å². The smallest absolute Gasteiger partial charge is 0.103 e. The molecule has 1 nitrogen and oxygen atoms in total. The second-order valence-electron chi connectivity index (χ2n) is 2.25. The van der Waals surface area contributed by atoms with Crippen molar-refractivity contribution in [3.63, 3.8) is 0 Å². The first-order chi connectivity index (χ1) is 5.79. The van der Waals surface area contributed by atoms with Crippen LogP contribution in [0.3, 0.4) is 0 Å². The lowest BCUT2D eigenvalue weighted by Gasteiger charge is -2.04. The molecule has 0 aliphatic rings. The van der Waals surface area contributed by atoms with Crippen LogP contribution in [0.25, 0.3) is 0 Å². The van der Waals surface area contributed by atoms with Gasteiger partial charge in [-0.2, -0.15) is 0 Å². The van der Waals surface area contributed by atoms with E-state index >= 15 is 0 Å².